The molecule has 1 aliphatic heterocycles. The number of nitrogens with one attached hydrogen (secondary N) is 1. The van der Waals surface area contributed by atoms with E-state index in [0.717, 1.165) is 11.0 Å². The van der Waals surface area contributed by atoms with Crippen molar-refractivity contribution in [3.8, 4) is 0 Å². The summed E-state index contributed by atoms with van der Waals surface area (Å²) in [6, 6.07) is 4.68. The third kappa shape index (κ3) is 2.53. The molecule has 0 bridgehead atoms. The van der Waals surface area contributed by atoms with Crippen LogP contribution in [0.4, 0.5) is 5.69 Å². The molecule has 1 unspecified atom stereocenters. The van der Waals surface area contributed by atoms with Crippen LogP contribution in [0.3, 0.4) is 0 Å². The van der Waals surface area contributed by atoms with Gasteiger partial charge in [0.2, 0.25) is 0 Å². The van der Waals surface area contributed by atoms with Crippen LogP contribution in [0.25, 0.3) is 0 Å². The number of anilines is 1. The number of sulfone groups is 1. The Balaban J connectivity index is 2.14. The number of carbonyl (C=O) groups excluding carboxylic acids is 1. The van der Waals surface area contributed by atoms with Crippen molar-refractivity contribution in [2.75, 3.05) is 11.5 Å². The zero-order valence-corrected chi connectivity index (χ0v) is 10.7. The topological polar surface area (TPSA) is 89.3 Å². The van der Waals surface area contributed by atoms with Crippen LogP contribution in [0.1, 0.15) is 15.9 Å². The number of carbonyl (C=O) groups is 1. The molecular weight excluding hydrogens is 252 g/mol. The number of nitrogens with two attached hydrogens (primary N) is 1. The molecule has 1 atom stereocenters. The lowest BCUT2D eigenvalue weighted by molar-refractivity contribution is 0.0948. The fraction of sp³-hybridized carbons (Fsp3) is 0.250. The predicted octanol–water partition coefficient (Wildman–Crippen LogP) is 0.618. The van der Waals surface area contributed by atoms with Crippen LogP contribution in [0.15, 0.2) is 29.7 Å². The van der Waals surface area contributed by atoms with E-state index in [1.807, 2.05) is 13.0 Å². The second kappa shape index (κ2) is 4.45. The van der Waals surface area contributed by atoms with Gasteiger partial charge in [0, 0.05) is 11.1 Å². The summed E-state index contributed by atoms with van der Waals surface area (Å²) in [4.78, 5) is 12.0. The van der Waals surface area contributed by atoms with Crippen LogP contribution < -0.4 is 11.1 Å². The highest BCUT2D eigenvalue weighted by molar-refractivity contribution is 7.94. The third-order valence-corrected chi connectivity index (χ3v) is 4.21. The SMILES string of the molecule is Cc1cccc(C(=O)NC2C=CS(=O)(=O)C2)c1N. The highest BCUT2D eigenvalue weighted by atomic mass is 32.2. The van der Waals surface area contributed by atoms with Gasteiger partial charge in [0.05, 0.1) is 17.4 Å². The molecule has 1 heterocycles. The minimum atomic E-state index is -3.17. The Morgan fingerprint density at radius 3 is 2.78 bits per heavy atom. The molecule has 1 amide bonds. The quantitative estimate of drug-likeness (QED) is 0.768. The van der Waals surface area contributed by atoms with Crippen molar-refractivity contribution >= 4 is 21.4 Å². The van der Waals surface area contributed by atoms with Crippen molar-refractivity contribution < 1.29 is 13.2 Å². The molecule has 0 saturated carbocycles. The molecule has 1 aliphatic rings. The van der Waals surface area contributed by atoms with E-state index in [0.29, 0.717) is 11.3 Å². The summed E-state index contributed by atoms with van der Waals surface area (Å²) in [6.07, 6.45) is 1.47. The number of rotatable bonds is 2. The summed E-state index contributed by atoms with van der Waals surface area (Å²) in [6.45, 7) is 1.81. The maximum absolute atomic E-state index is 12.0. The van der Waals surface area contributed by atoms with Gasteiger partial charge in [-0.25, -0.2) is 8.42 Å². The van der Waals surface area contributed by atoms with E-state index < -0.39 is 15.9 Å². The first kappa shape index (κ1) is 12.6. The maximum atomic E-state index is 12.0. The molecule has 0 aliphatic carbocycles. The number of amides is 1. The molecule has 18 heavy (non-hydrogen) atoms. The Morgan fingerprint density at radius 1 is 1.44 bits per heavy atom. The molecule has 96 valence electrons. The zero-order chi connectivity index (χ0) is 13.3. The van der Waals surface area contributed by atoms with Gasteiger partial charge in [-0.3, -0.25) is 4.79 Å². The summed E-state index contributed by atoms with van der Waals surface area (Å²) in [5.41, 5.74) is 7.42. The first-order valence-electron chi connectivity index (χ1n) is 5.46. The van der Waals surface area contributed by atoms with Crippen LogP contribution in [-0.4, -0.2) is 26.1 Å². The number of nitrogen functional groups attached to an aromatic ring is 1. The standard InChI is InChI=1S/C12H14N2O3S/c1-8-3-2-4-10(11(8)13)12(15)14-9-5-6-18(16,17)7-9/h2-6,9H,7,13H2,1H3,(H,14,15). The fourth-order valence-electron chi connectivity index (χ4n) is 1.79. The summed E-state index contributed by atoms with van der Waals surface area (Å²) in [7, 11) is -3.17. The second-order valence-electron chi connectivity index (χ2n) is 4.27. The van der Waals surface area contributed by atoms with Crippen LogP contribution >= 0.6 is 0 Å². The monoisotopic (exact) mass is 266 g/mol. The summed E-state index contributed by atoms with van der Waals surface area (Å²) < 4.78 is 22.4. The minimum Gasteiger partial charge on any atom is -0.398 e. The molecule has 0 radical (unpaired) electrons. The molecule has 0 aromatic heterocycles. The minimum absolute atomic E-state index is 0.0928. The van der Waals surface area contributed by atoms with Crippen LogP contribution in [0, 0.1) is 6.92 Å². The lowest BCUT2D eigenvalue weighted by atomic mass is 10.1. The van der Waals surface area contributed by atoms with Crippen LogP contribution in [0.5, 0.6) is 0 Å². The number of hydrogen-bond donors (Lipinski definition) is 2. The van der Waals surface area contributed by atoms with E-state index in [-0.39, 0.29) is 11.7 Å². The van der Waals surface area contributed by atoms with Gasteiger partial charge in [0.1, 0.15) is 0 Å². The van der Waals surface area contributed by atoms with E-state index in [1.54, 1.807) is 12.1 Å². The molecule has 1 aromatic rings. The van der Waals surface area contributed by atoms with Crippen molar-refractivity contribution in [2.24, 2.45) is 0 Å². The van der Waals surface area contributed by atoms with E-state index in [2.05, 4.69) is 5.32 Å². The Labute approximate surface area is 106 Å². The second-order valence-corrected chi connectivity index (χ2v) is 6.21. The van der Waals surface area contributed by atoms with E-state index in [4.69, 9.17) is 5.73 Å². The highest BCUT2D eigenvalue weighted by Gasteiger charge is 2.24. The van der Waals surface area contributed by atoms with Crippen molar-refractivity contribution in [1.29, 1.82) is 0 Å². The summed E-state index contributed by atoms with van der Waals surface area (Å²) >= 11 is 0. The average Bonchev–Trinajstić information content (AvgIpc) is 2.62. The van der Waals surface area contributed by atoms with Gasteiger partial charge in [-0.1, -0.05) is 12.1 Å². The highest BCUT2D eigenvalue weighted by Crippen LogP contribution is 2.17. The number of hydrogen-bond acceptors (Lipinski definition) is 4. The van der Waals surface area contributed by atoms with Crippen LogP contribution in [0.2, 0.25) is 0 Å². The Kier molecular flexibility index (Phi) is 3.13. The Bertz CT molecular complexity index is 620. The van der Waals surface area contributed by atoms with E-state index in [9.17, 15) is 13.2 Å². The van der Waals surface area contributed by atoms with E-state index in [1.165, 1.54) is 6.08 Å². The Morgan fingerprint density at radius 2 is 2.17 bits per heavy atom. The third-order valence-electron chi connectivity index (χ3n) is 2.82. The predicted molar refractivity (Wildman–Crippen MR) is 69.8 cm³/mol. The number of para-hydroxylation sites is 1. The molecular formula is C12H14N2O3S. The molecule has 0 spiro atoms. The summed E-state index contributed by atoms with van der Waals surface area (Å²) in [5.74, 6) is -0.451. The van der Waals surface area contributed by atoms with Crippen molar-refractivity contribution in [3.63, 3.8) is 0 Å². The van der Waals surface area contributed by atoms with Crippen LogP contribution in [-0.2, 0) is 9.84 Å². The number of aryl methyl sites for hydroxylation is 1. The van der Waals surface area contributed by atoms with Gasteiger partial charge in [-0.15, -0.1) is 0 Å². The van der Waals surface area contributed by atoms with E-state index >= 15 is 0 Å². The number of benzene rings is 1. The molecule has 6 heteroatoms. The Hall–Kier alpha value is -1.82. The molecule has 0 saturated heterocycles. The first-order chi connectivity index (χ1) is 8.39. The lowest BCUT2D eigenvalue weighted by Crippen LogP contribution is -2.35. The van der Waals surface area contributed by atoms with Gasteiger partial charge in [-0.05, 0) is 24.6 Å². The zero-order valence-electron chi connectivity index (χ0n) is 9.88. The smallest absolute Gasteiger partial charge is 0.253 e. The summed E-state index contributed by atoms with van der Waals surface area (Å²) in [5, 5.41) is 3.76. The fourth-order valence-corrected chi connectivity index (χ4v) is 3.03. The van der Waals surface area contributed by atoms with Crippen molar-refractivity contribution in [1.82, 2.24) is 5.32 Å². The van der Waals surface area contributed by atoms with Crippen molar-refractivity contribution in [2.45, 2.75) is 13.0 Å². The lowest BCUT2D eigenvalue weighted by Gasteiger charge is -2.12. The largest absolute Gasteiger partial charge is 0.398 e. The molecule has 0 fully saturated rings. The normalized spacial score (nSPS) is 20.8. The van der Waals surface area contributed by atoms with Gasteiger partial charge in [-0.2, -0.15) is 0 Å². The average molecular weight is 266 g/mol. The molecule has 5 nitrogen and oxygen atoms in total. The molecule has 3 N–H and O–H groups in total. The molecule has 1 aromatic carbocycles. The first-order valence-corrected chi connectivity index (χ1v) is 7.17. The molecule has 2 rings (SSSR count). The van der Waals surface area contributed by atoms with Crippen molar-refractivity contribution in [3.05, 3.63) is 40.8 Å². The van der Waals surface area contributed by atoms with Gasteiger partial charge in [0.15, 0.2) is 9.84 Å². The van der Waals surface area contributed by atoms with Gasteiger partial charge < -0.3 is 11.1 Å². The van der Waals surface area contributed by atoms with Gasteiger partial charge in [0.25, 0.3) is 5.91 Å². The van der Waals surface area contributed by atoms with Gasteiger partial charge >= 0.3 is 0 Å². The maximum Gasteiger partial charge on any atom is 0.253 e.